The van der Waals surface area contributed by atoms with Crippen LogP contribution >= 0.6 is 0 Å². The molecule has 0 amide bonds. The summed E-state index contributed by atoms with van der Waals surface area (Å²) in [6.45, 7) is 11.1. The van der Waals surface area contributed by atoms with Crippen molar-refractivity contribution >= 4 is 0 Å². The first-order valence-electron chi connectivity index (χ1n) is 4.86. The molecule has 0 unspecified atom stereocenters. The summed E-state index contributed by atoms with van der Waals surface area (Å²) in [5.74, 6) is 0. The highest BCUT2D eigenvalue weighted by atomic mass is 15.3. The van der Waals surface area contributed by atoms with Gasteiger partial charge in [-0.25, -0.2) is 0 Å². The molecule has 0 aromatic rings. The minimum atomic E-state index is 1.11. The number of nitrogens with one attached hydrogen (secondary N) is 1. The first-order chi connectivity index (χ1) is 5.43. The Bertz CT molecular complexity index is 68.0. The third kappa shape index (κ3) is 5.22. The van der Waals surface area contributed by atoms with Gasteiger partial charge in [-0.2, -0.15) is 0 Å². The molecule has 0 bridgehead atoms. The van der Waals surface area contributed by atoms with Crippen LogP contribution in [0.25, 0.3) is 0 Å². The second kappa shape index (κ2) is 8.02. The zero-order valence-electron chi connectivity index (χ0n) is 8.19. The number of rotatable bonds is 3. The Kier molecular flexibility index (Phi) is 7.96. The van der Waals surface area contributed by atoms with Crippen molar-refractivity contribution < 1.29 is 0 Å². The highest BCUT2D eigenvalue weighted by Gasteiger charge is 2.07. The largest absolute Gasteiger partial charge is 0.303 e. The molecule has 68 valence electrons. The zero-order valence-corrected chi connectivity index (χ0v) is 8.19. The summed E-state index contributed by atoms with van der Waals surface area (Å²) in [7, 11) is 0. The molecule has 1 fully saturated rings. The van der Waals surface area contributed by atoms with Gasteiger partial charge in [0, 0.05) is 19.8 Å². The van der Waals surface area contributed by atoms with Gasteiger partial charge in [0.2, 0.25) is 0 Å². The zero-order chi connectivity index (χ0) is 8.53. The lowest BCUT2D eigenvalue weighted by Gasteiger charge is -2.11. The molecular formula is C9H22N2. The fraction of sp³-hybridized carbons (Fsp3) is 1.00. The van der Waals surface area contributed by atoms with Gasteiger partial charge in [0.25, 0.3) is 0 Å². The molecule has 0 aromatic heterocycles. The van der Waals surface area contributed by atoms with E-state index >= 15 is 0 Å². The molecule has 11 heavy (non-hydrogen) atoms. The van der Waals surface area contributed by atoms with Gasteiger partial charge < -0.3 is 5.32 Å². The molecule has 0 atom stereocenters. The minimum absolute atomic E-state index is 1.11. The van der Waals surface area contributed by atoms with Crippen LogP contribution in [0.5, 0.6) is 0 Å². The van der Waals surface area contributed by atoms with Crippen molar-refractivity contribution in [2.45, 2.75) is 33.6 Å². The molecule has 1 saturated heterocycles. The van der Waals surface area contributed by atoms with Crippen molar-refractivity contribution in [3.63, 3.8) is 0 Å². The summed E-state index contributed by atoms with van der Waals surface area (Å²) in [6.07, 6.45) is 2.66. The summed E-state index contributed by atoms with van der Waals surface area (Å²) in [5, 5.41) is 3.31. The normalized spacial score (nSPS) is 17.7. The van der Waals surface area contributed by atoms with Crippen molar-refractivity contribution in [1.29, 1.82) is 0 Å². The molecule has 0 radical (unpaired) electrons. The Labute approximate surface area is 71.0 Å². The van der Waals surface area contributed by atoms with Crippen LogP contribution in [0.1, 0.15) is 33.6 Å². The molecule has 0 spiro atoms. The molecule has 0 saturated carbocycles. The topological polar surface area (TPSA) is 15.3 Å². The predicted molar refractivity (Wildman–Crippen MR) is 50.7 cm³/mol. The average Bonchev–Trinajstić information content (AvgIpc) is 2.57. The summed E-state index contributed by atoms with van der Waals surface area (Å²) in [5.41, 5.74) is 0. The monoisotopic (exact) mass is 158 g/mol. The lowest BCUT2D eigenvalue weighted by molar-refractivity contribution is 0.329. The number of hydrogen-bond acceptors (Lipinski definition) is 2. The van der Waals surface area contributed by atoms with Crippen LogP contribution in [0, 0.1) is 0 Å². The molecule has 1 rings (SSSR count). The van der Waals surface area contributed by atoms with Crippen LogP contribution in [0.4, 0.5) is 0 Å². The van der Waals surface area contributed by atoms with Gasteiger partial charge >= 0.3 is 0 Å². The standard InChI is InChI=1S/C7H16N2.C2H6/c1-2-3-5-9-6-4-8-7-9;1-2/h8H,2-7H2,1H3;1-2H3. The van der Waals surface area contributed by atoms with Crippen LogP contribution in [0.2, 0.25) is 0 Å². The summed E-state index contributed by atoms with van der Waals surface area (Å²) in [4.78, 5) is 2.46. The minimum Gasteiger partial charge on any atom is -0.303 e. The van der Waals surface area contributed by atoms with E-state index < -0.39 is 0 Å². The van der Waals surface area contributed by atoms with Gasteiger partial charge in [-0.3, -0.25) is 4.90 Å². The third-order valence-corrected chi connectivity index (χ3v) is 1.77. The molecule has 1 N–H and O–H groups in total. The lowest BCUT2D eigenvalue weighted by Crippen LogP contribution is -2.22. The average molecular weight is 158 g/mol. The molecule has 0 aliphatic carbocycles. The van der Waals surface area contributed by atoms with Crippen LogP contribution in [0.15, 0.2) is 0 Å². The molecular weight excluding hydrogens is 136 g/mol. The van der Waals surface area contributed by atoms with Crippen molar-refractivity contribution in [2.75, 3.05) is 26.3 Å². The van der Waals surface area contributed by atoms with E-state index in [1.807, 2.05) is 13.8 Å². The van der Waals surface area contributed by atoms with E-state index in [4.69, 9.17) is 0 Å². The van der Waals surface area contributed by atoms with Crippen molar-refractivity contribution in [3.05, 3.63) is 0 Å². The first-order valence-corrected chi connectivity index (χ1v) is 4.86. The van der Waals surface area contributed by atoms with Gasteiger partial charge in [-0.1, -0.05) is 27.2 Å². The summed E-state index contributed by atoms with van der Waals surface area (Å²) >= 11 is 0. The summed E-state index contributed by atoms with van der Waals surface area (Å²) < 4.78 is 0. The van der Waals surface area contributed by atoms with Gasteiger partial charge in [-0.15, -0.1) is 0 Å². The van der Waals surface area contributed by atoms with Crippen LogP contribution in [-0.4, -0.2) is 31.2 Å². The highest BCUT2D eigenvalue weighted by molar-refractivity contribution is 4.64. The quantitative estimate of drug-likeness (QED) is 0.672. The smallest absolute Gasteiger partial charge is 0.0481 e. The number of unbranched alkanes of at least 4 members (excludes halogenated alkanes) is 1. The van der Waals surface area contributed by atoms with E-state index in [9.17, 15) is 0 Å². The van der Waals surface area contributed by atoms with Gasteiger partial charge in [0.15, 0.2) is 0 Å². The maximum absolute atomic E-state index is 3.31. The fourth-order valence-corrected chi connectivity index (χ4v) is 1.13. The first kappa shape index (κ1) is 10.9. The molecule has 2 nitrogen and oxygen atoms in total. The van der Waals surface area contributed by atoms with Crippen LogP contribution in [0.3, 0.4) is 0 Å². The Balaban J connectivity index is 0.000000461. The molecule has 0 aromatic carbocycles. The highest BCUT2D eigenvalue weighted by Crippen LogP contribution is 1.95. The second-order valence-corrected chi connectivity index (χ2v) is 2.63. The molecule has 1 aliphatic heterocycles. The lowest BCUT2D eigenvalue weighted by atomic mass is 10.3. The Morgan fingerprint density at radius 3 is 2.55 bits per heavy atom. The summed E-state index contributed by atoms with van der Waals surface area (Å²) in [6, 6.07) is 0. The second-order valence-electron chi connectivity index (χ2n) is 2.63. The van der Waals surface area contributed by atoms with E-state index in [-0.39, 0.29) is 0 Å². The predicted octanol–water partition coefficient (Wildman–Crippen LogP) is 1.68. The third-order valence-electron chi connectivity index (χ3n) is 1.77. The van der Waals surface area contributed by atoms with E-state index in [0.29, 0.717) is 0 Å². The van der Waals surface area contributed by atoms with Crippen LogP contribution < -0.4 is 5.32 Å². The maximum atomic E-state index is 3.31. The maximum Gasteiger partial charge on any atom is 0.0481 e. The Hall–Kier alpha value is -0.0800. The fourth-order valence-electron chi connectivity index (χ4n) is 1.13. The molecule has 1 heterocycles. The van der Waals surface area contributed by atoms with E-state index in [1.54, 1.807) is 0 Å². The van der Waals surface area contributed by atoms with Crippen LogP contribution in [-0.2, 0) is 0 Å². The Morgan fingerprint density at radius 2 is 2.09 bits per heavy atom. The van der Waals surface area contributed by atoms with Gasteiger partial charge in [-0.05, 0) is 13.0 Å². The van der Waals surface area contributed by atoms with Crippen molar-refractivity contribution in [2.24, 2.45) is 0 Å². The van der Waals surface area contributed by atoms with E-state index in [1.165, 1.54) is 32.5 Å². The Morgan fingerprint density at radius 1 is 1.36 bits per heavy atom. The SMILES string of the molecule is CC.CCCCN1CCNC1. The number of nitrogens with zero attached hydrogens (tertiary/aromatic N) is 1. The molecule has 2 heteroatoms. The molecule has 1 aliphatic rings. The van der Waals surface area contributed by atoms with Gasteiger partial charge in [0.1, 0.15) is 0 Å². The van der Waals surface area contributed by atoms with Crippen molar-refractivity contribution in [3.8, 4) is 0 Å². The number of hydrogen-bond donors (Lipinski definition) is 1. The van der Waals surface area contributed by atoms with Crippen molar-refractivity contribution in [1.82, 2.24) is 10.2 Å². The van der Waals surface area contributed by atoms with Gasteiger partial charge in [0.05, 0.1) is 0 Å². The van der Waals surface area contributed by atoms with E-state index in [0.717, 1.165) is 6.67 Å². The van der Waals surface area contributed by atoms with E-state index in [2.05, 4.69) is 17.1 Å².